The molecule has 1 aliphatic carbocycles. The van der Waals surface area contributed by atoms with Crippen LogP contribution < -0.4 is 5.32 Å². The summed E-state index contributed by atoms with van der Waals surface area (Å²) in [7, 11) is 0. The van der Waals surface area contributed by atoms with Crippen LogP contribution in [0, 0.1) is 5.92 Å². The first-order valence-corrected chi connectivity index (χ1v) is 7.43. The average molecular weight is 238 g/mol. The second-order valence-corrected chi connectivity index (χ2v) is 6.06. The zero-order valence-corrected chi connectivity index (χ0v) is 11.0. The first kappa shape index (κ1) is 11.9. The molecule has 3 atom stereocenters. The van der Waals surface area contributed by atoms with Gasteiger partial charge in [-0.25, -0.2) is 0 Å². The summed E-state index contributed by atoms with van der Waals surface area (Å²) >= 11 is 0. The van der Waals surface area contributed by atoms with Crippen molar-refractivity contribution < 1.29 is 4.74 Å². The summed E-state index contributed by atoms with van der Waals surface area (Å²) < 4.78 is 5.98. The van der Waals surface area contributed by atoms with Crippen LogP contribution in [-0.4, -0.2) is 49.3 Å². The van der Waals surface area contributed by atoms with Gasteiger partial charge in [-0.3, -0.25) is 4.90 Å². The number of nitrogens with one attached hydrogen (secondary N) is 1. The first-order chi connectivity index (χ1) is 8.34. The van der Waals surface area contributed by atoms with E-state index in [-0.39, 0.29) is 0 Å². The molecule has 17 heavy (non-hydrogen) atoms. The SMILES string of the molecule is CC1CCN(C2CCOC2C2CC2)CCCN1. The molecule has 3 aliphatic rings. The van der Waals surface area contributed by atoms with Crippen LogP contribution in [0.4, 0.5) is 0 Å². The minimum absolute atomic E-state index is 0.567. The molecule has 1 N–H and O–H groups in total. The highest BCUT2D eigenvalue weighted by atomic mass is 16.5. The van der Waals surface area contributed by atoms with Crippen LogP contribution >= 0.6 is 0 Å². The lowest BCUT2D eigenvalue weighted by molar-refractivity contribution is 0.0422. The van der Waals surface area contributed by atoms with Crippen molar-refractivity contribution in [2.24, 2.45) is 5.92 Å². The van der Waals surface area contributed by atoms with Crippen LogP contribution in [0.5, 0.6) is 0 Å². The summed E-state index contributed by atoms with van der Waals surface area (Å²) in [6.07, 6.45) is 7.23. The zero-order chi connectivity index (χ0) is 11.7. The molecule has 0 aromatic rings. The van der Waals surface area contributed by atoms with Gasteiger partial charge in [0, 0.05) is 25.2 Å². The molecule has 2 aliphatic heterocycles. The fourth-order valence-electron chi connectivity index (χ4n) is 3.40. The normalized spacial score (nSPS) is 41.1. The number of ether oxygens (including phenoxy) is 1. The van der Waals surface area contributed by atoms with Gasteiger partial charge in [-0.05, 0) is 58.0 Å². The highest BCUT2D eigenvalue weighted by Gasteiger charge is 2.42. The van der Waals surface area contributed by atoms with Gasteiger partial charge >= 0.3 is 0 Å². The van der Waals surface area contributed by atoms with Gasteiger partial charge in [0.2, 0.25) is 0 Å². The van der Waals surface area contributed by atoms with Crippen molar-refractivity contribution in [3.05, 3.63) is 0 Å². The minimum Gasteiger partial charge on any atom is -0.376 e. The Kier molecular flexibility index (Phi) is 3.69. The Balaban J connectivity index is 1.60. The molecule has 0 aromatic carbocycles. The molecule has 0 spiro atoms. The van der Waals surface area contributed by atoms with E-state index < -0.39 is 0 Å². The van der Waals surface area contributed by atoms with Crippen molar-refractivity contribution in [2.45, 2.75) is 57.2 Å². The Labute approximate surface area is 105 Å². The third-order valence-electron chi connectivity index (χ3n) is 4.62. The first-order valence-electron chi connectivity index (χ1n) is 7.43. The number of hydrogen-bond donors (Lipinski definition) is 1. The Morgan fingerprint density at radius 1 is 1.12 bits per heavy atom. The molecule has 3 heteroatoms. The lowest BCUT2D eigenvalue weighted by Gasteiger charge is -2.34. The van der Waals surface area contributed by atoms with Gasteiger partial charge in [0.1, 0.15) is 0 Å². The number of rotatable bonds is 2. The van der Waals surface area contributed by atoms with Crippen molar-refractivity contribution in [3.63, 3.8) is 0 Å². The predicted molar refractivity (Wildman–Crippen MR) is 69.1 cm³/mol. The molecular formula is C14H26N2O. The lowest BCUT2D eigenvalue weighted by Crippen LogP contribution is -2.46. The van der Waals surface area contributed by atoms with Crippen molar-refractivity contribution in [2.75, 3.05) is 26.2 Å². The van der Waals surface area contributed by atoms with Gasteiger partial charge < -0.3 is 10.1 Å². The average Bonchev–Trinajstić information content (AvgIpc) is 3.04. The van der Waals surface area contributed by atoms with Crippen molar-refractivity contribution in [1.82, 2.24) is 10.2 Å². The maximum atomic E-state index is 5.98. The molecule has 0 radical (unpaired) electrons. The number of hydrogen-bond acceptors (Lipinski definition) is 3. The minimum atomic E-state index is 0.567. The molecule has 2 heterocycles. The molecule has 0 bridgehead atoms. The molecule has 3 unspecified atom stereocenters. The fourth-order valence-corrected chi connectivity index (χ4v) is 3.40. The summed E-state index contributed by atoms with van der Waals surface area (Å²) in [5, 5.41) is 3.58. The Hall–Kier alpha value is -0.120. The van der Waals surface area contributed by atoms with Crippen LogP contribution in [0.25, 0.3) is 0 Å². The van der Waals surface area contributed by atoms with Gasteiger partial charge in [-0.15, -0.1) is 0 Å². The van der Waals surface area contributed by atoms with Crippen molar-refractivity contribution in [3.8, 4) is 0 Å². The topological polar surface area (TPSA) is 24.5 Å². The second kappa shape index (κ2) is 5.25. The van der Waals surface area contributed by atoms with E-state index >= 15 is 0 Å². The second-order valence-electron chi connectivity index (χ2n) is 6.06. The summed E-state index contributed by atoms with van der Waals surface area (Å²) in [4.78, 5) is 2.73. The van der Waals surface area contributed by atoms with Crippen LogP contribution in [0.1, 0.15) is 39.0 Å². The van der Waals surface area contributed by atoms with E-state index in [9.17, 15) is 0 Å². The van der Waals surface area contributed by atoms with Gasteiger partial charge in [-0.1, -0.05) is 0 Å². The van der Waals surface area contributed by atoms with E-state index in [1.165, 1.54) is 51.7 Å². The molecule has 2 saturated heterocycles. The highest BCUT2D eigenvalue weighted by molar-refractivity contribution is 4.95. The smallest absolute Gasteiger partial charge is 0.0759 e. The van der Waals surface area contributed by atoms with Crippen LogP contribution in [-0.2, 0) is 4.74 Å². The molecule has 0 aromatic heterocycles. The molecular weight excluding hydrogens is 212 g/mol. The maximum Gasteiger partial charge on any atom is 0.0759 e. The van der Waals surface area contributed by atoms with E-state index in [1.807, 2.05) is 0 Å². The Morgan fingerprint density at radius 2 is 2.00 bits per heavy atom. The van der Waals surface area contributed by atoms with E-state index in [1.54, 1.807) is 0 Å². The third kappa shape index (κ3) is 2.83. The van der Waals surface area contributed by atoms with Crippen LogP contribution in [0.15, 0.2) is 0 Å². The van der Waals surface area contributed by atoms with Gasteiger partial charge in [0.05, 0.1) is 6.10 Å². The molecule has 1 saturated carbocycles. The van der Waals surface area contributed by atoms with Crippen molar-refractivity contribution >= 4 is 0 Å². The van der Waals surface area contributed by atoms with Gasteiger partial charge in [0.25, 0.3) is 0 Å². The zero-order valence-electron chi connectivity index (χ0n) is 11.0. The van der Waals surface area contributed by atoms with E-state index in [2.05, 4.69) is 17.1 Å². The van der Waals surface area contributed by atoms with E-state index in [0.717, 1.165) is 18.6 Å². The monoisotopic (exact) mass is 238 g/mol. The Bertz CT molecular complexity index is 255. The maximum absolute atomic E-state index is 5.98. The standard InChI is InChI=1S/C14H26N2O/c1-11-5-9-16(8-2-7-15-11)13-6-10-17-14(13)12-3-4-12/h11-15H,2-10H2,1H3. The fraction of sp³-hybridized carbons (Fsp3) is 1.00. The molecule has 0 amide bonds. The van der Waals surface area contributed by atoms with Gasteiger partial charge in [-0.2, -0.15) is 0 Å². The Morgan fingerprint density at radius 3 is 2.82 bits per heavy atom. The van der Waals surface area contributed by atoms with Crippen LogP contribution in [0.3, 0.4) is 0 Å². The third-order valence-corrected chi connectivity index (χ3v) is 4.62. The molecule has 98 valence electrons. The van der Waals surface area contributed by atoms with Crippen molar-refractivity contribution in [1.29, 1.82) is 0 Å². The van der Waals surface area contributed by atoms with Gasteiger partial charge in [0.15, 0.2) is 0 Å². The summed E-state index contributed by atoms with van der Waals surface area (Å²) in [6, 6.07) is 1.41. The molecule has 3 rings (SSSR count). The summed E-state index contributed by atoms with van der Waals surface area (Å²) in [5.74, 6) is 0.892. The predicted octanol–water partition coefficient (Wildman–Crippen LogP) is 1.63. The summed E-state index contributed by atoms with van der Waals surface area (Å²) in [6.45, 7) is 7.00. The molecule has 3 fully saturated rings. The van der Waals surface area contributed by atoms with E-state index in [0.29, 0.717) is 12.1 Å². The quantitative estimate of drug-likeness (QED) is 0.791. The lowest BCUT2D eigenvalue weighted by atomic mass is 10.0. The number of nitrogens with zero attached hydrogens (tertiary/aromatic N) is 1. The largest absolute Gasteiger partial charge is 0.376 e. The van der Waals surface area contributed by atoms with E-state index in [4.69, 9.17) is 4.74 Å². The summed E-state index contributed by atoms with van der Waals surface area (Å²) in [5.41, 5.74) is 0. The molecule has 3 nitrogen and oxygen atoms in total. The van der Waals surface area contributed by atoms with Crippen LogP contribution in [0.2, 0.25) is 0 Å². The highest BCUT2D eigenvalue weighted by Crippen LogP contribution is 2.40.